The van der Waals surface area contributed by atoms with E-state index in [1.165, 1.54) is 55.6 Å². The van der Waals surface area contributed by atoms with Crippen molar-refractivity contribution in [3.8, 4) is 78.7 Å². The molecule has 4 heteroatoms. The predicted molar refractivity (Wildman–Crippen MR) is 318 cm³/mol. The summed E-state index contributed by atoms with van der Waals surface area (Å²) in [6.45, 7) is 0. The Hall–Kier alpha value is -10.2. The lowest BCUT2D eigenvalue weighted by molar-refractivity contribution is 0.769. The molecular weight excluding hydrogens is 933 g/mol. The molecule has 1 aliphatic carbocycles. The zero-order valence-electron chi connectivity index (χ0n) is 41.8. The lowest BCUT2D eigenvalue weighted by Crippen LogP contribution is -2.28. The molecule has 0 aliphatic heterocycles. The van der Waals surface area contributed by atoms with E-state index in [1.54, 1.807) is 0 Å². The first-order valence-corrected chi connectivity index (χ1v) is 26.3. The summed E-state index contributed by atoms with van der Waals surface area (Å²) in [4.78, 5) is 21.8. The second-order valence-corrected chi connectivity index (χ2v) is 20.0. The second-order valence-electron chi connectivity index (χ2n) is 20.0. The highest BCUT2D eigenvalue weighted by molar-refractivity contribution is 6.07. The Bertz CT molecular complexity index is 4310. The van der Waals surface area contributed by atoms with Crippen LogP contribution in [0.2, 0.25) is 0 Å². The molecule has 358 valence electrons. The molecule has 0 bridgehead atoms. The van der Waals surface area contributed by atoms with Gasteiger partial charge in [0.1, 0.15) is 0 Å². The van der Waals surface area contributed by atoms with Gasteiger partial charge in [-0.25, -0.2) is 19.9 Å². The van der Waals surface area contributed by atoms with E-state index in [9.17, 15) is 0 Å². The maximum absolute atomic E-state index is 5.59. The van der Waals surface area contributed by atoms with E-state index in [0.29, 0.717) is 11.6 Å². The van der Waals surface area contributed by atoms with Crippen LogP contribution < -0.4 is 0 Å². The van der Waals surface area contributed by atoms with Gasteiger partial charge in [-0.05, 0) is 114 Å². The number of hydrogen-bond donors (Lipinski definition) is 0. The molecule has 0 saturated carbocycles. The van der Waals surface area contributed by atoms with Gasteiger partial charge in [0, 0.05) is 33.0 Å². The number of rotatable bonds is 8. The normalized spacial score (nSPS) is 12.5. The molecule has 0 unspecified atom stereocenters. The molecule has 4 nitrogen and oxygen atoms in total. The third-order valence-electron chi connectivity index (χ3n) is 15.8. The average molecular weight is 979 g/mol. The van der Waals surface area contributed by atoms with E-state index in [-0.39, 0.29) is 0 Å². The topological polar surface area (TPSA) is 51.6 Å². The number of hydrogen-bond acceptors (Lipinski definition) is 4. The van der Waals surface area contributed by atoms with Gasteiger partial charge < -0.3 is 0 Å². The molecule has 15 rings (SSSR count). The summed E-state index contributed by atoms with van der Waals surface area (Å²) in [5.74, 6) is 1.38. The van der Waals surface area contributed by atoms with Crippen molar-refractivity contribution < 1.29 is 0 Å². The van der Waals surface area contributed by atoms with Crippen molar-refractivity contribution in [3.05, 3.63) is 301 Å². The van der Waals surface area contributed by atoms with Crippen molar-refractivity contribution in [1.82, 2.24) is 19.9 Å². The highest BCUT2D eigenvalue weighted by Crippen LogP contribution is 2.58. The van der Waals surface area contributed by atoms with Crippen molar-refractivity contribution in [2.75, 3.05) is 0 Å². The van der Waals surface area contributed by atoms with Gasteiger partial charge in [-0.2, -0.15) is 0 Å². The van der Waals surface area contributed by atoms with Crippen LogP contribution in [-0.4, -0.2) is 19.9 Å². The van der Waals surface area contributed by atoms with E-state index < -0.39 is 5.41 Å². The molecule has 1 aliphatic rings. The maximum atomic E-state index is 5.59. The Kier molecular flexibility index (Phi) is 10.4. The maximum Gasteiger partial charge on any atom is 0.161 e. The summed E-state index contributed by atoms with van der Waals surface area (Å²) in [6.07, 6.45) is 0. The molecule has 12 aromatic carbocycles. The van der Waals surface area contributed by atoms with Crippen molar-refractivity contribution in [3.63, 3.8) is 0 Å². The molecule has 0 amide bonds. The SMILES string of the molecule is c1ccc(-c2ccc(-c3nc(-c4ccc5c(c4)C(c4ccccc4)(c4ccccc4)c4cc(-c6nc(-c7ccc(-c8ccccc8)c8ccccc78)nc7ccccc67)ccc4-5)c4ccccc4n3)c3ccccc23)cc1. The minimum Gasteiger partial charge on any atom is -0.228 e. The zero-order valence-corrected chi connectivity index (χ0v) is 41.8. The van der Waals surface area contributed by atoms with Gasteiger partial charge in [0.15, 0.2) is 11.6 Å². The molecule has 0 saturated heterocycles. The van der Waals surface area contributed by atoms with E-state index in [4.69, 9.17) is 19.9 Å². The quantitative estimate of drug-likeness (QED) is 0.152. The Morgan fingerprint density at radius 2 is 0.532 bits per heavy atom. The monoisotopic (exact) mass is 978 g/mol. The fraction of sp³-hybridized carbons (Fsp3) is 0.0137. The number of fused-ring (bicyclic) bond motifs is 7. The first-order chi connectivity index (χ1) is 38.2. The van der Waals surface area contributed by atoms with Crippen LogP contribution in [0.1, 0.15) is 22.3 Å². The van der Waals surface area contributed by atoms with Gasteiger partial charge >= 0.3 is 0 Å². The summed E-state index contributed by atoms with van der Waals surface area (Å²) in [5, 5.41) is 6.55. The molecular formula is C73H46N4. The average Bonchev–Trinajstić information content (AvgIpc) is 4.08. The van der Waals surface area contributed by atoms with Gasteiger partial charge in [-0.3, -0.25) is 0 Å². The molecule has 2 aromatic heterocycles. The van der Waals surface area contributed by atoms with Crippen LogP contribution in [0.25, 0.3) is 122 Å². The van der Waals surface area contributed by atoms with E-state index in [1.807, 2.05) is 0 Å². The lowest BCUT2D eigenvalue weighted by Gasteiger charge is -2.34. The van der Waals surface area contributed by atoms with Crippen molar-refractivity contribution in [2.45, 2.75) is 5.41 Å². The molecule has 0 atom stereocenters. The summed E-state index contributed by atoms with van der Waals surface area (Å²) in [6, 6.07) is 100. The summed E-state index contributed by atoms with van der Waals surface area (Å²) >= 11 is 0. The van der Waals surface area contributed by atoms with Crippen molar-refractivity contribution in [2.24, 2.45) is 0 Å². The molecule has 0 radical (unpaired) electrons. The van der Waals surface area contributed by atoms with Crippen LogP contribution >= 0.6 is 0 Å². The third-order valence-corrected chi connectivity index (χ3v) is 15.8. The van der Waals surface area contributed by atoms with Gasteiger partial charge in [0.05, 0.1) is 27.8 Å². The number of benzene rings is 12. The van der Waals surface area contributed by atoms with E-state index >= 15 is 0 Å². The highest BCUT2D eigenvalue weighted by Gasteiger charge is 2.46. The molecule has 0 fully saturated rings. The molecule has 2 heterocycles. The fourth-order valence-electron chi connectivity index (χ4n) is 12.3. The standard InChI is InChI=1S/C73H46N4/c1-5-21-47(22-6-1)53-41-43-61(57-31-15-13-29-55(53)57)71-74-67-35-19-17-33-63(67)69(76-71)49-37-39-59-60-40-38-50(46-66(60)73(65(59)45-49,51-25-9-3-10-26-51)52-27-11-4-12-28-52)70-64-34-18-20-36-68(64)75-72(77-70)62-44-42-54(48-23-7-2-8-24-48)56-30-14-16-32-58(56)62/h1-46H. The van der Waals surface area contributed by atoms with Crippen LogP contribution in [0.3, 0.4) is 0 Å². The minimum atomic E-state index is -0.719. The van der Waals surface area contributed by atoms with Crippen LogP contribution in [0, 0.1) is 0 Å². The van der Waals surface area contributed by atoms with E-state index in [2.05, 4.69) is 279 Å². The summed E-state index contributed by atoms with van der Waals surface area (Å²) in [5.41, 5.74) is 18.7. The minimum absolute atomic E-state index is 0.692. The second kappa shape index (κ2) is 18.0. The van der Waals surface area contributed by atoms with Crippen LogP contribution in [0.5, 0.6) is 0 Å². The van der Waals surface area contributed by atoms with Gasteiger partial charge in [-0.1, -0.05) is 243 Å². The third kappa shape index (κ3) is 7.14. The van der Waals surface area contributed by atoms with Crippen molar-refractivity contribution >= 4 is 43.4 Å². The van der Waals surface area contributed by atoms with Gasteiger partial charge in [0.25, 0.3) is 0 Å². The Labute approximate surface area is 446 Å². The summed E-state index contributed by atoms with van der Waals surface area (Å²) in [7, 11) is 0. The first kappa shape index (κ1) is 44.3. The lowest BCUT2D eigenvalue weighted by atomic mass is 9.67. The predicted octanol–water partition coefficient (Wildman–Crippen LogP) is 18.2. The summed E-state index contributed by atoms with van der Waals surface area (Å²) < 4.78 is 0. The Morgan fingerprint density at radius 1 is 0.221 bits per heavy atom. The zero-order chi connectivity index (χ0) is 50.9. The highest BCUT2D eigenvalue weighted by atomic mass is 14.9. The first-order valence-electron chi connectivity index (χ1n) is 26.3. The van der Waals surface area contributed by atoms with Gasteiger partial charge in [-0.15, -0.1) is 0 Å². The molecule has 14 aromatic rings. The van der Waals surface area contributed by atoms with E-state index in [0.717, 1.165) is 77.0 Å². The Balaban J connectivity index is 0.937. The van der Waals surface area contributed by atoms with Crippen LogP contribution in [-0.2, 0) is 5.41 Å². The fourth-order valence-corrected chi connectivity index (χ4v) is 12.3. The van der Waals surface area contributed by atoms with Crippen LogP contribution in [0.4, 0.5) is 0 Å². The Morgan fingerprint density at radius 3 is 0.935 bits per heavy atom. The number of para-hydroxylation sites is 2. The molecule has 0 N–H and O–H groups in total. The number of nitrogens with zero attached hydrogens (tertiary/aromatic N) is 4. The number of aromatic nitrogens is 4. The largest absolute Gasteiger partial charge is 0.228 e. The molecule has 0 spiro atoms. The van der Waals surface area contributed by atoms with Gasteiger partial charge in [0.2, 0.25) is 0 Å². The van der Waals surface area contributed by atoms with Crippen molar-refractivity contribution in [1.29, 1.82) is 0 Å². The van der Waals surface area contributed by atoms with Crippen LogP contribution in [0.15, 0.2) is 279 Å². The smallest absolute Gasteiger partial charge is 0.161 e. The molecule has 77 heavy (non-hydrogen) atoms.